The van der Waals surface area contributed by atoms with Gasteiger partial charge < -0.3 is 39.2 Å². The van der Waals surface area contributed by atoms with Crippen LogP contribution in [0, 0.1) is 5.92 Å². The summed E-state index contributed by atoms with van der Waals surface area (Å²) in [5, 5.41) is 11.4. The molecule has 3 aliphatic rings. The van der Waals surface area contributed by atoms with Crippen molar-refractivity contribution in [3.05, 3.63) is 46.8 Å². The number of hydrogen-bond donors (Lipinski definition) is 2. The molecule has 3 amide bonds. The van der Waals surface area contributed by atoms with Gasteiger partial charge in [-0.05, 0) is 103 Å². The molecular formula is C45H65N5O8S. The van der Waals surface area contributed by atoms with Crippen molar-refractivity contribution in [1.82, 2.24) is 25.4 Å². The van der Waals surface area contributed by atoms with E-state index in [-0.39, 0.29) is 23.8 Å². The molecule has 2 aliphatic heterocycles. The second kappa shape index (κ2) is 21.6. The molecule has 0 bridgehead atoms. The van der Waals surface area contributed by atoms with Crippen LogP contribution in [0.1, 0.15) is 96.5 Å². The van der Waals surface area contributed by atoms with Crippen molar-refractivity contribution in [3.63, 3.8) is 0 Å². The Morgan fingerprint density at radius 1 is 0.898 bits per heavy atom. The highest BCUT2D eigenvalue weighted by Gasteiger charge is 2.41. The lowest BCUT2D eigenvalue weighted by Crippen LogP contribution is -2.56. The van der Waals surface area contributed by atoms with E-state index < -0.39 is 23.8 Å². The number of hydrogen-bond acceptors (Lipinski definition) is 11. The summed E-state index contributed by atoms with van der Waals surface area (Å²) in [7, 11) is 1.55. The first-order chi connectivity index (χ1) is 28.5. The zero-order chi connectivity index (χ0) is 41.8. The Balaban J connectivity index is 1.05. The van der Waals surface area contributed by atoms with Crippen LogP contribution < -0.4 is 15.4 Å². The third kappa shape index (κ3) is 12.4. The van der Waals surface area contributed by atoms with Gasteiger partial charge in [-0.3, -0.25) is 14.5 Å². The van der Waals surface area contributed by atoms with Gasteiger partial charge in [0.05, 0.1) is 50.9 Å². The standard InChI is InChI=1S/C45H65N5O8S/c1-31(49(5)44(53)58-45(2,3)4)41(51)48-40(32-12-7-6-8-13-32)43(52)50-23-11-16-38(50)42-47-37(30-59-42)35-17-18-39(36-15-10-9-14-34(35)36)57-29-27-55-25-24-54-26-28-56-33-19-21-46-22-20-33/h9-10,14-15,17-18,30-33,38,40,46H,6-8,11-13,16,19-29H2,1-5H3,(H,48,51)/t31-,38-,40-/m0/s1. The highest BCUT2D eigenvalue weighted by Crippen LogP contribution is 2.40. The molecule has 3 fully saturated rings. The number of rotatable bonds is 18. The van der Waals surface area contributed by atoms with Crippen LogP contribution in [0.25, 0.3) is 22.0 Å². The molecule has 0 radical (unpaired) electrons. The highest BCUT2D eigenvalue weighted by atomic mass is 32.1. The van der Waals surface area contributed by atoms with E-state index in [4.69, 9.17) is 28.7 Å². The monoisotopic (exact) mass is 835 g/mol. The number of piperidine rings is 1. The molecule has 59 heavy (non-hydrogen) atoms. The van der Waals surface area contributed by atoms with Crippen molar-refractivity contribution in [2.24, 2.45) is 5.92 Å². The Morgan fingerprint density at radius 2 is 1.59 bits per heavy atom. The maximum atomic E-state index is 14.6. The number of carbonyl (C=O) groups excluding carboxylic acids is 3. The van der Waals surface area contributed by atoms with E-state index >= 15 is 0 Å². The van der Waals surface area contributed by atoms with Gasteiger partial charge >= 0.3 is 6.09 Å². The SMILES string of the molecule is C[C@@H](C(=O)N[C@H](C(=O)N1CCC[C@H]1c1nc(-c2ccc(OCCOCCOCCOC3CCNCC3)c3ccccc23)cs1)C1CCCCC1)N(C)C(=O)OC(C)(C)C. The minimum absolute atomic E-state index is 0.0272. The van der Waals surface area contributed by atoms with Crippen LogP contribution in [0.2, 0.25) is 0 Å². The first-order valence-corrected chi connectivity index (χ1v) is 22.5. The summed E-state index contributed by atoms with van der Waals surface area (Å²) in [5.74, 6) is 0.373. The first kappa shape index (κ1) is 44.7. The highest BCUT2D eigenvalue weighted by molar-refractivity contribution is 7.10. The predicted octanol–water partition coefficient (Wildman–Crippen LogP) is 7.13. The Labute approximate surface area is 353 Å². The molecule has 3 atom stereocenters. The van der Waals surface area contributed by atoms with Crippen LogP contribution >= 0.6 is 11.3 Å². The minimum Gasteiger partial charge on any atom is -0.491 e. The van der Waals surface area contributed by atoms with Crippen LogP contribution in [0.3, 0.4) is 0 Å². The largest absolute Gasteiger partial charge is 0.491 e. The summed E-state index contributed by atoms with van der Waals surface area (Å²) in [6.45, 7) is 12.7. The Hall–Kier alpha value is -3.82. The van der Waals surface area contributed by atoms with Gasteiger partial charge in [-0.1, -0.05) is 43.5 Å². The van der Waals surface area contributed by atoms with E-state index in [1.165, 1.54) is 4.90 Å². The van der Waals surface area contributed by atoms with E-state index in [9.17, 15) is 14.4 Å². The second-order valence-corrected chi connectivity index (χ2v) is 17.9. The van der Waals surface area contributed by atoms with Crippen LogP contribution in [-0.2, 0) is 28.5 Å². The van der Waals surface area contributed by atoms with Gasteiger partial charge in [-0.25, -0.2) is 9.78 Å². The van der Waals surface area contributed by atoms with Gasteiger partial charge in [0.1, 0.15) is 35.0 Å². The number of benzene rings is 2. The van der Waals surface area contributed by atoms with E-state index in [1.807, 2.05) is 23.1 Å². The number of nitrogens with zero attached hydrogens (tertiary/aromatic N) is 3. The van der Waals surface area contributed by atoms with Crippen LogP contribution in [0.5, 0.6) is 5.75 Å². The molecule has 2 saturated heterocycles. The average Bonchev–Trinajstić information content (AvgIpc) is 3.93. The Kier molecular flexibility index (Phi) is 16.4. The molecule has 14 heteroatoms. The average molecular weight is 836 g/mol. The van der Waals surface area contributed by atoms with Crippen LogP contribution in [0.15, 0.2) is 41.8 Å². The van der Waals surface area contributed by atoms with Crippen molar-refractivity contribution in [2.45, 2.75) is 115 Å². The lowest BCUT2D eigenvalue weighted by molar-refractivity contribution is -0.140. The molecule has 1 aliphatic carbocycles. The molecule has 3 aromatic rings. The van der Waals surface area contributed by atoms with Crippen molar-refractivity contribution in [1.29, 1.82) is 0 Å². The smallest absolute Gasteiger partial charge is 0.410 e. The van der Waals surface area contributed by atoms with Gasteiger partial charge in [0.25, 0.3) is 0 Å². The van der Waals surface area contributed by atoms with Gasteiger partial charge in [-0.15, -0.1) is 11.3 Å². The molecule has 13 nitrogen and oxygen atoms in total. The number of thiazole rings is 1. The summed E-state index contributed by atoms with van der Waals surface area (Å²) in [6, 6.07) is 10.5. The molecule has 1 aromatic heterocycles. The fourth-order valence-corrected chi connectivity index (χ4v) is 9.18. The third-order valence-corrected chi connectivity index (χ3v) is 12.5. The van der Waals surface area contributed by atoms with Gasteiger partial charge in [0.2, 0.25) is 11.8 Å². The molecule has 2 aromatic carbocycles. The zero-order valence-corrected chi connectivity index (χ0v) is 36.5. The quantitative estimate of drug-likeness (QED) is 0.127. The zero-order valence-electron chi connectivity index (χ0n) is 35.7. The second-order valence-electron chi connectivity index (χ2n) is 17.0. The number of aromatic nitrogens is 1. The van der Waals surface area contributed by atoms with Crippen LogP contribution in [0.4, 0.5) is 4.79 Å². The number of nitrogens with one attached hydrogen (secondary N) is 2. The molecular weight excluding hydrogens is 771 g/mol. The van der Waals surface area contributed by atoms with Crippen molar-refractivity contribution < 1.29 is 38.1 Å². The maximum Gasteiger partial charge on any atom is 0.410 e. The van der Waals surface area contributed by atoms with Crippen LogP contribution in [-0.4, -0.2) is 123 Å². The minimum atomic E-state index is -0.815. The fourth-order valence-electron chi connectivity index (χ4n) is 8.21. The first-order valence-electron chi connectivity index (χ1n) is 21.6. The predicted molar refractivity (Wildman–Crippen MR) is 230 cm³/mol. The lowest BCUT2D eigenvalue weighted by Gasteiger charge is -2.36. The number of amides is 3. The molecule has 6 rings (SSSR count). The van der Waals surface area contributed by atoms with Gasteiger partial charge in [0, 0.05) is 29.9 Å². The Morgan fingerprint density at radius 3 is 2.32 bits per heavy atom. The van der Waals surface area contributed by atoms with Crippen molar-refractivity contribution >= 4 is 40.0 Å². The molecule has 0 unspecified atom stereocenters. The summed E-state index contributed by atoms with van der Waals surface area (Å²) in [6.07, 6.45) is 8.44. The summed E-state index contributed by atoms with van der Waals surface area (Å²) in [5.41, 5.74) is 1.16. The Bertz CT molecular complexity index is 1820. The number of fused-ring (bicyclic) bond motifs is 1. The van der Waals surface area contributed by atoms with E-state index in [0.717, 1.165) is 104 Å². The van der Waals surface area contributed by atoms with E-state index in [0.29, 0.717) is 52.3 Å². The third-order valence-electron chi connectivity index (χ3n) is 11.6. The van der Waals surface area contributed by atoms with Crippen molar-refractivity contribution in [2.75, 3.05) is 66.3 Å². The van der Waals surface area contributed by atoms with Gasteiger partial charge in [0.15, 0.2) is 0 Å². The molecule has 2 N–H and O–H groups in total. The van der Waals surface area contributed by atoms with E-state index in [1.54, 1.807) is 46.1 Å². The lowest BCUT2D eigenvalue weighted by atomic mass is 9.83. The normalized spacial score (nSPS) is 19.1. The molecule has 3 heterocycles. The summed E-state index contributed by atoms with van der Waals surface area (Å²) >= 11 is 1.57. The molecule has 1 saturated carbocycles. The number of likely N-dealkylation sites (tertiary alicyclic amines) is 1. The summed E-state index contributed by atoms with van der Waals surface area (Å²) < 4.78 is 29.0. The maximum absolute atomic E-state index is 14.6. The molecule has 0 spiro atoms. The molecule has 324 valence electrons. The van der Waals surface area contributed by atoms with E-state index in [2.05, 4.69) is 34.2 Å². The van der Waals surface area contributed by atoms with Crippen molar-refractivity contribution in [3.8, 4) is 17.0 Å². The topological polar surface area (TPSA) is 141 Å². The number of carbonyl (C=O) groups is 3. The van der Waals surface area contributed by atoms with Gasteiger partial charge in [-0.2, -0.15) is 0 Å². The fraction of sp³-hybridized carbons (Fsp3) is 0.644. The summed E-state index contributed by atoms with van der Waals surface area (Å²) in [4.78, 5) is 49.4. The number of likely N-dealkylation sites (N-methyl/N-ethyl adjacent to an activating group) is 1. The number of ether oxygens (including phenoxy) is 5.